The number of nitrogens with one attached hydrogen (secondary N) is 1. The predicted molar refractivity (Wildman–Crippen MR) is 72.9 cm³/mol. The maximum atomic E-state index is 10.4. The third kappa shape index (κ3) is 3.77. The molecule has 2 rings (SSSR count). The molecule has 1 aromatic heterocycles. The number of aryl methyl sites for hydroxylation is 1. The van der Waals surface area contributed by atoms with Crippen LogP contribution in [-0.2, 0) is 4.79 Å². The SMILES string of the molecule is Cc1ccc(-c2ccc(NCCC(=O)O)nn2)cc1. The van der Waals surface area contributed by atoms with Gasteiger partial charge in [-0.25, -0.2) is 0 Å². The molecule has 0 fully saturated rings. The number of nitrogens with zero attached hydrogens (tertiary/aromatic N) is 2. The Hall–Kier alpha value is -2.43. The Morgan fingerprint density at radius 2 is 1.89 bits per heavy atom. The minimum Gasteiger partial charge on any atom is -0.481 e. The van der Waals surface area contributed by atoms with Gasteiger partial charge in [0.2, 0.25) is 0 Å². The Labute approximate surface area is 111 Å². The van der Waals surface area contributed by atoms with Crippen molar-refractivity contribution in [1.82, 2.24) is 10.2 Å². The third-order valence-corrected chi connectivity index (χ3v) is 2.66. The first-order valence-corrected chi connectivity index (χ1v) is 6.01. The highest BCUT2D eigenvalue weighted by atomic mass is 16.4. The van der Waals surface area contributed by atoms with Crippen molar-refractivity contribution in [2.75, 3.05) is 11.9 Å². The molecule has 0 saturated heterocycles. The number of anilines is 1. The number of carboxylic acids is 1. The first-order chi connectivity index (χ1) is 9.15. The lowest BCUT2D eigenvalue weighted by Crippen LogP contribution is -2.09. The summed E-state index contributed by atoms with van der Waals surface area (Å²) >= 11 is 0. The first kappa shape index (κ1) is 13.0. The number of hydrogen-bond donors (Lipinski definition) is 2. The van der Waals surface area contributed by atoms with Gasteiger partial charge in [-0.15, -0.1) is 10.2 Å². The minimum absolute atomic E-state index is 0.0569. The molecule has 1 aromatic carbocycles. The second-order valence-corrected chi connectivity index (χ2v) is 4.24. The zero-order valence-corrected chi connectivity index (χ0v) is 10.6. The van der Waals surface area contributed by atoms with Crippen molar-refractivity contribution >= 4 is 11.8 Å². The first-order valence-electron chi connectivity index (χ1n) is 6.01. The summed E-state index contributed by atoms with van der Waals surface area (Å²) in [6.45, 7) is 2.37. The molecule has 0 spiro atoms. The molecule has 1 heterocycles. The van der Waals surface area contributed by atoms with Gasteiger partial charge in [0.05, 0.1) is 12.1 Å². The number of aromatic nitrogens is 2. The highest BCUT2D eigenvalue weighted by Gasteiger charge is 2.01. The number of benzene rings is 1. The summed E-state index contributed by atoms with van der Waals surface area (Å²) in [6, 6.07) is 11.7. The van der Waals surface area contributed by atoms with Crippen LogP contribution in [0.1, 0.15) is 12.0 Å². The molecular weight excluding hydrogens is 242 g/mol. The smallest absolute Gasteiger partial charge is 0.305 e. The number of hydrogen-bond acceptors (Lipinski definition) is 4. The van der Waals surface area contributed by atoms with E-state index >= 15 is 0 Å². The van der Waals surface area contributed by atoms with Crippen molar-refractivity contribution in [2.24, 2.45) is 0 Å². The van der Waals surface area contributed by atoms with Crippen LogP contribution in [0.5, 0.6) is 0 Å². The standard InChI is InChI=1S/C14H15N3O2/c1-10-2-4-11(5-3-10)12-6-7-13(17-16-12)15-9-8-14(18)19/h2-7H,8-9H2,1H3,(H,15,17)(H,18,19). The van der Waals surface area contributed by atoms with Crippen LogP contribution in [0.25, 0.3) is 11.3 Å². The quantitative estimate of drug-likeness (QED) is 0.859. The molecule has 0 aliphatic carbocycles. The molecular formula is C14H15N3O2. The van der Waals surface area contributed by atoms with Crippen LogP contribution >= 0.6 is 0 Å². The van der Waals surface area contributed by atoms with Gasteiger partial charge in [0.15, 0.2) is 0 Å². The number of carbonyl (C=O) groups is 1. The Balaban J connectivity index is 2.02. The second-order valence-electron chi connectivity index (χ2n) is 4.24. The van der Waals surface area contributed by atoms with Gasteiger partial charge in [0.1, 0.15) is 5.82 Å². The fourth-order valence-electron chi connectivity index (χ4n) is 1.60. The zero-order chi connectivity index (χ0) is 13.7. The Kier molecular flexibility index (Phi) is 4.07. The monoisotopic (exact) mass is 257 g/mol. The molecule has 0 bridgehead atoms. The summed E-state index contributed by atoms with van der Waals surface area (Å²) < 4.78 is 0. The van der Waals surface area contributed by atoms with E-state index in [0.29, 0.717) is 12.4 Å². The second kappa shape index (κ2) is 5.95. The van der Waals surface area contributed by atoms with E-state index in [1.54, 1.807) is 6.07 Å². The fourth-order valence-corrected chi connectivity index (χ4v) is 1.60. The lowest BCUT2D eigenvalue weighted by Gasteiger charge is -2.04. The van der Waals surface area contributed by atoms with Crippen LogP contribution in [0.2, 0.25) is 0 Å². The van der Waals surface area contributed by atoms with Crippen LogP contribution in [-0.4, -0.2) is 27.8 Å². The largest absolute Gasteiger partial charge is 0.481 e. The minimum atomic E-state index is -0.836. The molecule has 5 nitrogen and oxygen atoms in total. The summed E-state index contributed by atoms with van der Waals surface area (Å²) in [5.41, 5.74) is 3.00. The summed E-state index contributed by atoms with van der Waals surface area (Å²) in [4.78, 5) is 10.4. The zero-order valence-electron chi connectivity index (χ0n) is 10.6. The Bertz CT molecular complexity index is 550. The van der Waals surface area contributed by atoms with Crippen molar-refractivity contribution in [1.29, 1.82) is 0 Å². The van der Waals surface area contributed by atoms with Crippen LogP contribution in [0, 0.1) is 6.92 Å². The van der Waals surface area contributed by atoms with Crippen LogP contribution in [0.15, 0.2) is 36.4 Å². The van der Waals surface area contributed by atoms with Crippen molar-refractivity contribution in [3.05, 3.63) is 42.0 Å². The molecule has 0 aliphatic rings. The lowest BCUT2D eigenvalue weighted by molar-refractivity contribution is -0.136. The molecule has 19 heavy (non-hydrogen) atoms. The van der Waals surface area contributed by atoms with Gasteiger partial charge in [-0.05, 0) is 19.1 Å². The van der Waals surface area contributed by atoms with E-state index in [2.05, 4.69) is 15.5 Å². The average molecular weight is 257 g/mol. The molecule has 0 aliphatic heterocycles. The van der Waals surface area contributed by atoms with Crippen molar-refractivity contribution in [2.45, 2.75) is 13.3 Å². The Morgan fingerprint density at radius 1 is 1.16 bits per heavy atom. The molecule has 0 atom stereocenters. The van der Waals surface area contributed by atoms with E-state index in [-0.39, 0.29) is 6.42 Å². The highest BCUT2D eigenvalue weighted by Crippen LogP contribution is 2.17. The molecule has 2 aromatic rings. The van der Waals surface area contributed by atoms with Gasteiger partial charge in [0.25, 0.3) is 0 Å². The third-order valence-electron chi connectivity index (χ3n) is 2.66. The molecule has 0 unspecified atom stereocenters. The van der Waals surface area contributed by atoms with Gasteiger partial charge in [-0.1, -0.05) is 29.8 Å². The fraction of sp³-hybridized carbons (Fsp3) is 0.214. The van der Waals surface area contributed by atoms with Crippen molar-refractivity contribution in [3.63, 3.8) is 0 Å². The number of aliphatic carboxylic acids is 1. The summed E-state index contributed by atoms with van der Waals surface area (Å²) in [5.74, 6) is -0.256. The van der Waals surface area contributed by atoms with Gasteiger partial charge in [-0.3, -0.25) is 4.79 Å². The summed E-state index contributed by atoms with van der Waals surface area (Å²) in [6.07, 6.45) is 0.0569. The molecule has 0 saturated carbocycles. The molecule has 5 heteroatoms. The summed E-state index contributed by atoms with van der Waals surface area (Å²) in [5, 5.41) is 19.6. The van der Waals surface area contributed by atoms with Crippen LogP contribution < -0.4 is 5.32 Å². The normalized spacial score (nSPS) is 10.2. The van der Waals surface area contributed by atoms with Gasteiger partial charge in [0, 0.05) is 12.1 Å². The maximum Gasteiger partial charge on any atom is 0.305 e. The molecule has 0 radical (unpaired) electrons. The predicted octanol–water partition coefficient (Wildman–Crippen LogP) is 2.34. The van der Waals surface area contributed by atoms with Gasteiger partial charge in [-0.2, -0.15) is 0 Å². The van der Waals surface area contributed by atoms with Crippen LogP contribution in [0.3, 0.4) is 0 Å². The Morgan fingerprint density at radius 3 is 2.47 bits per heavy atom. The van der Waals surface area contributed by atoms with E-state index in [9.17, 15) is 4.79 Å². The molecule has 0 amide bonds. The van der Waals surface area contributed by atoms with E-state index < -0.39 is 5.97 Å². The van der Waals surface area contributed by atoms with Gasteiger partial charge >= 0.3 is 5.97 Å². The summed E-state index contributed by atoms with van der Waals surface area (Å²) in [7, 11) is 0. The van der Waals surface area contributed by atoms with E-state index in [4.69, 9.17) is 5.11 Å². The van der Waals surface area contributed by atoms with E-state index in [1.165, 1.54) is 5.56 Å². The van der Waals surface area contributed by atoms with E-state index in [1.807, 2.05) is 37.3 Å². The lowest BCUT2D eigenvalue weighted by atomic mass is 10.1. The maximum absolute atomic E-state index is 10.4. The number of carboxylic acid groups (broad SMARTS) is 1. The number of rotatable bonds is 5. The van der Waals surface area contributed by atoms with Crippen molar-refractivity contribution < 1.29 is 9.90 Å². The topological polar surface area (TPSA) is 75.1 Å². The van der Waals surface area contributed by atoms with Crippen LogP contribution in [0.4, 0.5) is 5.82 Å². The van der Waals surface area contributed by atoms with E-state index in [0.717, 1.165) is 11.3 Å². The highest BCUT2D eigenvalue weighted by molar-refractivity contribution is 5.67. The van der Waals surface area contributed by atoms with Crippen molar-refractivity contribution in [3.8, 4) is 11.3 Å². The molecule has 2 N–H and O–H groups in total. The molecule has 98 valence electrons. The van der Waals surface area contributed by atoms with Gasteiger partial charge < -0.3 is 10.4 Å². The average Bonchev–Trinajstić information content (AvgIpc) is 2.40.